The Hall–Kier alpha value is -2.56. The Balaban J connectivity index is 1.43. The average Bonchev–Trinajstić information content (AvgIpc) is 3.02. The number of rotatable bonds is 4. The van der Waals surface area contributed by atoms with Crippen LogP contribution in [0.25, 0.3) is 11.2 Å². The lowest BCUT2D eigenvalue weighted by Gasteiger charge is -2.33. The molecule has 0 amide bonds. The fraction of sp³-hybridized carbons (Fsp3) is 0.368. The van der Waals surface area contributed by atoms with E-state index in [9.17, 15) is 0 Å². The number of piperidine rings is 1. The fourth-order valence-electron chi connectivity index (χ4n) is 3.32. The van der Waals surface area contributed by atoms with Crippen LogP contribution in [0.5, 0.6) is 5.75 Å². The van der Waals surface area contributed by atoms with E-state index in [1.807, 2.05) is 60.4 Å². The number of anilines is 1. The lowest BCUT2D eigenvalue weighted by Crippen LogP contribution is -2.38. The summed E-state index contributed by atoms with van der Waals surface area (Å²) in [4.78, 5) is 11.7. The Kier molecular flexibility index (Phi) is 4.07. The minimum atomic E-state index is 0.521. The highest BCUT2D eigenvalue weighted by Crippen LogP contribution is 2.23. The highest BCUT2D eigenvalue weighted by atomic mass is 16.5. The maximum absolute atomic E-state index is 5.94. The van der Waals surface area contributed by atoms with Crippen LogP contribution in [0.2, 0.25) is 0 Å². The molecule has 0 radical (unpaired) electrons. The molecule has 3 heterocycles. The normalized spacial score (nSPS) is 18.0. The first-order chi connectivity index (χ1) is 11.8. The Bertz CT molecular complexity index is 815. The molecule has 2 aromatic heterocycles. The summed E-state index contributed by atoms with van der Waals surface area (Å²) < 4.78 is 7.94. The van der Waals surface area contributed by atoms with Gasteiger partial charge >= 0.3 is 0 Å². The van der Waals surface area contributed by atoms with Crippen molar-refractivity contribution in [2.75, 3.05) is 24.6 Å². The van der Waals surface area contributed by atoms with Gasteiger partial charge in [-0.3, -0.25) is 0 Å². The number of para-hydroxylation sites is 1. The van der Waals surface area contributed by atoms with E-state index >= 15 is 0 Å². The first-order valence-corrected chi connectivity index (χ1v) is 8.50. The Labute approximate surface area is 141 Å². The van der Waals surface area contributed by atoms with Gasteiger partial charge in [0.1, 0.15) is 17.1 Å². The van der Waals surface area contributed by atoms with Gasteiger partial charge in [0.05, 0.1) is 12.8 Å². The molecule has 1 fully saturated rings. The second-order valence-electron chi connectivity index (χ2n) is 6.44. The number of ether oxygens (including phenoxy) is 1. The van der Waals surface area contributed by atoms with E-state index in [1.54, 1.807) is 0 Å². The number of nitrogens with zero attached hydrogens (tertiary/aromatic N) is 4. The number of aryl methyl sites for hydroxylation is 1. The third-order valence-electron chi connectivity index (χ3n) is 4.63. The fourth-order valence-corrected chi connectivity index (χ4v) is 3.32. The van der Waals surface area contributed by atoms with Gasteiger partial charge in [0.15, 0.2) is 5.65 Å². The quantitative estimate of drug-likeness (QED) is 0.739. The molecule has 1 saturated heterocycles. The molecular formula is C19H22N4O. The molecule has 0 saturated carbocycles. The van der Waals surface area contributed by atoms with E-state index in [0.29, 0.717) is 5.92 Å². The van der Waals surface area contributed by atoms with Gasteiger partial charge in [0.2, 0.25) is 0 Å². The standard InChI is InChI=1S/C19H22N4O/c1-22-11-9-17-19(22)20-12-18(21-17)23-10-5-6-15(13-23)14-24-16-7-3-2-4-8-16/h2-4,7-9,11-12,15H,5-6,10,13-14H2,1H3. The maximum Gasteiger partial charge on any atom is 0.158 e. The third-order valence-corrected chi connectivity index (χ3v) is 4.63. The second kappa shape index (κ2) is 6.51. The predicted octanol–water partition coefficient (Wildman–Crippen LogP) is 3.26. The van der Waals surface area contributed by atoms with Crippen molar-refractivity contribution in [3.63, 3.8) is 0 Å². The molecule has 1 aliphatic heterocycles. The van der Waals surface area contributed by atoms with Crippen molar-refractivity contribution < 1.29 is 4.74 Å². The van der Waals surface area contributed by atoms with E-state index in [1.165, 1.54) is 6.42 Å². The second-order valence-corrected chi connectivity index (χ2v) is 6.44. The van der Waals surface area contributed by atoms with Crippen molar-refractivity contribution in [3.8, 4) is 5.75 Å². The summed E-state index contributed by atoms with van der Waals surface area (Å²) in [6.45, 7) is 2.76. The Morgan fingerprint density at radius 3 is 2.96 bits per heavy atom. The van der Waals surface area contributed by atoms with Crippen LogP contribution in [0.1, 0.15) is 12.8 Å². The summed E-state index contributed by atoms with van der Waals surface area (Å²) in [5.74, 6) is 2.44. The van der Waals surface area contributed by atoms with E-state index in [2.05, 4.69) is 9.88 Å². The molecule has 0 bridgehead atoms. The topological polar surface area (TPSA) is 43.2 Å². The molecule has 24 heavy (non-hydrogen) atoms. The molecule has 0 aliphatic carbocycles. The lowest BCUT2D eigenvalue weighted by atomic mass is 9.99. The van der Waals surface area contributed by atoms with Gasteiger partial charge in [-0.15, -0.1) is 0 Å². The summed E-state index contributed by atoms with van der Waals surface area (Å²) >= 11 is 0. The largest absolute Gasteiger partial charge is 0.493 e. The van der Waals surface area contributed by atoms with Gasteiger partial charge in [-0.1, -0.05) is 18.2 Å². The van der Waals surface area contributed by atoms with Crippen molar-refractivity contribution in [2.45, 2.75) is 12.8 Å². The van der Waals surface area contributed by atoms with E-state index in [0.717, 1.165) is 48.8 Å². The Morgan fingerprint density at radius 1 is 1.21 bits per heavy atom. The number of aromatic nitrogens is 3. The van der Waals surface area contributed by atoms with Gasteiger partial charge in [-0.2, -0.15) is 0 Å². The molecule has 4 rings (SSSR count). The molecule has 5 heteroatoms. The third kappa shape index (κ3) is 3.07. The molecule has 5 nitrogen and oxygen atoms in total. The van der Waals surface area contributed by atoms with Gasteiger partial charge in [0, 0.05) is 32.3 Å². The SMILES string of the molecule is Cn1ccc2nc(N3CCCC(COc4ccccc4)C3)cnc21. The molecule has 1 aromatic carbocycles. The molecule has 1 atom stereocenters. The van der Waals surface area contributed by atoms with Crippen molar-refractivity contribution in [2.24, 2.45) is 13.0 Å². The summed E-state index contributed by atoms with van der Waals surface area (Å²) in [6, 6.07) is 12.1. The van der Waals surface area contributed by atoms with Crippen molar-refractivity contribution in [1.82, 2.24) is 14.5 Å². The number of benzene rings is 1. The van der Waals surface area contributed by atoms with Crippen LogP contribution < -0.4 is 9.64 Å². The van der Waals surface area contributed by atoms with Crippen molar-refractivity contribution in [3.05, 3.63) is 48.8 Å². The molecular weight excluding hydrogens is 300 g/mol. The molecule has 1 aliphatic rings. The van der Waals surface area contributed by atoms with Crippen LogP contribution in [0.15, 0.2) is 48.8 Å². The predicted molar refractivity (Wildman–Crippen MR) is 95.4 cm³/mol. The molecule has 0 spiro atoms. The zero-order valence-corrected chi connectivity index (χ0v) is 13.9. The van der Waals surface area contributed by atoms with Crippen LogP contribution in [0.3, 0.4) is 0 Å². The van der Waals surface area contributed by atoms with E-state index in [-0.39, 0.29) is 0 Å². The number of hydrogen-bond acceptors (Lipinski definition) is 4. The first-order valence-electron chi connectivity index (χ1n) is 8.50. The van der Waals surface area contributed by atoms with Gasteiger partial charge < -0.3 is 14.2 Å². The molecule has 0 N–H and O–H groups in total. The van der Waals surface area contributed by atoms with Crippen LogP contribution >= 0.6 is 0 Å². The summed E-state index contributed by atoms with van der Waals surface area (Å²) in [5.41, 5.74) is 1.89. The van der Waals surface area contributed by atoms with Crippen LogP contribution in [0, 0.1) is 5.92 Å². The smallest absolute Gasteiger partial charge is 0.158 e. The highest BCUT2D eigenvalue weighted by molar-refractivity contribution is 5.72. The van der Waals surface area contributed by atoms with Crippen molar-refractivity contribution >= 4 is 17.0 Å². The van der Waals surface area contributed by atoms with Crippen molar-refractivity contribution in [1.29, 1.82) is 0 Å². The van der Waals surface area contributed by atoms with E-state index < -0.39 is 0 Å². The monoisotopic (exact) mass is 322 g/mol. The van der Waals surface area contributed by atoms with E-state index in [4.69, 9.17) is 9.72 Å². The molecule has 124 valence electrons. The average molecular weight is 322 g/mol. The zero-order valence-electron chi connectivity index (χ0n) is 13.9. The van der Waals surface area contributed by atoms with Gasteiger partial charge in [-0.25, -0.2) is 9.97 Å². The highest BCUT2D eigenvalue weighted by Gasteiger charge is 2.22. The minimum Gasteiger partial charge on any atom is -0.493 e. The summed E-state index contributed by atoms with van der Waals surface area (Å²) in [5, 5.41) is 0. The minimum absolute atomic E-state index is 0.521. The van der Waals surface area contributed by atoms with Crippen LogP contribution in [-0.2, 0) is 7.05 Å². The maximum atomic E-state index is 5.94. The lowest BCUT2D eigenvalue weighted by molar-refractivity contribution is 0.228. The van der Waals surface area contributed by atoms with Gasteiger partial charge in [-0.05, 0) is 31.0 Å². The number of fused-ring (bicyclic) bond motifs is 1. The summed E-state index contributed by atoms with van der Waals surface area (Å²) in [7, 11) is 1.99. The Morgan fingerprint density at radius 2 is 2.08 bits per heavy atom. The van der Waals surface area contributed by atoms with Gasteiger partial charge in [0.25, 0.3) is 0 Å². The molecule has 3 aromatic rings. The first kappa shape index (κ1) is 15.0. The zero-order chi connectivity index (χ0) is 16.4. The van der Waals surface area contributed by atoms with Crippen LogP contribution in [-0.4, -0.2) is 34.2 Å². The number of hydrogen-bond donors (Lipinski definition) is 0. The summed E-state index contributed by atoms with van der Waals surface area (Å²) in [6.07, 6.45) is 6.26. The van der Waals surface area contributed by atoms with Crippen LogP contribution in [0.4, 0.5) is 5.82 Å². The molecule has 1 unspecified atom stereocenters.